The molecule has 3 rings (SSSR count). The number of ether oxygens (including phenoxy) is 2. The number of hydrogen-bond donors (Lipinski definition) is 1. The lowest BCUT2D eigenvalue weighted by atomic mass is 9.93. The summed E-state index contributed by atoms with van der Waals surface area (Å²) in [6, 6.07) is 6.47. The average molecular weight is 289 g/mol. The van der Waals surface area contributed by atoms with Crippen molar-refractivity contribution < 1.29 is 9.47 Å². The molecule has 1 unspecified atom stereocenters. The van der Waals surface area contributed by atoms with Crippen LogP contribution in [-0.2, 0) is 11.2 Å². The highest BCUT2D eigenvalue weighted by atomic mass is 16.5. The van der Waals surface area contributed by atoms with Crippen LogP contribution in [0.2, 0.25) is 0 Å². The van der Waals surface area contributed by atoms with Gasteiger partial charge < -0.3 is 14.8 Å². The van der Waals surface area contributed by atoms with Gasteiger partial charge in [0.05, 0.1) is 11.7 Å². The number of benzene rings is 1. The zero-order valence-corrected chi connectivity index (χ0v) is 13.7. The van der Waals surface area contributed by atoms with Gasteiger partial charge in [0.25, 0.3) is 0 Å². The summed E-state index contributed by atoms with van der Waals surface area (Å²) >= 11 is 0. The molecule has 0 aliphatic carbocycles. The zero-order chi connectivity index (χ0) is 15.1. The Balaban J connectivity index is 1.90. The largest absolute Gasteiger partial charge is 0.487 e. The summed E-state index contributed by atoms with van der Waals surface area (Å²) in [5.74, 6) is 1.05. The van der Waals surface area contributed by atoms with E-state index in [0.717, 1.165) is 38.1 Å². The first-order valence-electron chi connectivity index (χ1n) is 8.18. The topological polar surface area (TPSA) is 30.5 Å². The van der Waals surface area contributed by atoms with Gasteiger partial charge in [0, 0.05) is 25.1 Å². The predicted molar refractivity (Wildman–Crippen MR) is 84.9 cm³/mol. The van der Waals surface area contributed by atoms with E-state index in [1.54, 1.807) is 0 Å². The van der Waals surface area contributed by atoms with Crippen molar-refractivity contribution in [2.45, 2.75) is 64.3 Å². The average Bonchev–Trinajstić information content (AvgIpc) is 2.80. The van der Waals surface area contributed by atoms with E-state index >= 15 is 0 Å². The Labute approximate surface area is 128 Å². The minimum atomic E-state index is -0.104. The van der Waals surface area contributed by atoms with Gasteiger partial charge >= 0.3 is 0 Å². The SMILES string of the molecule is CCC1(CC)CNCC(c2cccc3c2OC(C)(C)C3)O1. The summed E-state index contributed by atoms with van der Waals surface area (Å²) < 4.78 is 12.7. The fourth-order valence-electron chi connectivity index (χ4n) is 3.55. The lowest BCUT2D eigenvalue weighted by Gasteiger charge is -2.41. The molecule has 21 heavy (non-hydrogen) atoms. The third kappa shape index (κ3) is 2.69. The van der Waals surface area contributed by atoms with Gasteiger partial charge in [0.2, 0.25) is 0 Å². The van der Waals surface area contributed by atoms with E-state index in [-0.39, 0.29) is 17.3 Å². The zero-order valence-electron chi connectivity index (χ0n) is 13.7. The van der Waals surface area contributed by atoms with Crippen molar-refractivity contribution in [2.24, 2.45) is 0 Å². The second-order valence-electron chi connectivity index (χ2n) is 7.00. The predicted octanol–water partition coefficient (Wildman–Crippen LogP) is 3.62. The van der Waals surface area contributed by atoms with Crippen molar-refractivity contribution in [2.75, 3.05) is 13.1 Å². The number of morpholine rings is 1. The maximum absolute atomic E-state index is 6.51. The first kappa shape index (κ1) is 14.9. The molecule has 2 aliphatic rings. The molecule has 0 spiro atoms. The first-order valence-corrected chi connectivity index (χ1v) is 8.18. The normalized spacial score (nSPS) is 26.2. The summed E-state index contributed by atoms with van der Waals surface area (Å²) in [6.07, 6.45) is 3.13. The third-order valence-electron chi connectivity index (χ3n) is 4.93. The quantitative estimate of drug-likeness (QED) is 0.922. The second-order valence-corrected chi connectivity index (χ2v) is 7.00. The molecule has 0 amide bonds. The van der Waals surface area contributed by atoms with Gasteiger partial charge in [-0.25, -0.2) is 0 Å². The molecule has 1 atom stereocenters. The van der Waals surface area contributed by atoms with E-state index in [9.17, 15) is 0 Å². The van der Waals surface area contributed by atoms with Crippen LogP contribution in [0, 0.1) is 0 Å². The van der Waals surface area contributed by atoms with Crippen molar-refractivity contribution in [3.05, 3.63) is 29.3 Å². The molecule has 1 saturated heterocycles. The van der Waals surface area contributed by atoms with E-state index in [1.165, 1.54) is 11.1 Å². The molecule has 0 radical (unpaired) electrons. The molecule has 116 valence electrons. The molecule has 0 saturated carbocycles. The van der Waals surface area contributed by atoms with Crippen LogP contribution in [0.4, 0.5) is 0 Å². The Kier molecular flexibility index (Phi) is 3.74. The molecule has 1 N–H and O–H groups in total. The van der Waals surface area contributed by atoms with Crippen LogP contribution >= 0.6 is 0 Å². The van der Waals surface area contributed by atoms with Gasteiger partial charge in [-0.15, -0.1) is 0 Å². The monoisotopic (exact) mass is 289 g/mol. The Hall–Kier alpha value is -1.06. The lowest BCUT2D eigenvalue weighted by molar-refractivity contribution is -0.123. The summed E-state index contributed by atoms with van der Waals surface area (Å²) in [4.78, 5) is 0. The number of rotatable bonds is 3. The molecule has 2 heterocycles. The summed E-state index contributed by atoms with van der Waals surface area (Å²) in [6.45, 7) is 10.5. The van der Waals surface area contributed by atoms with Crippen LogP contribution in [-0.4, -0.2) is 24.3 Å². The van der Waals surface area contributed by atoms with Gasteiger partial charge in [0.1, 0.15) is 11.4 Å². The van der Waals surface area contributed by atoms with Gasteiger partial charge in [-0.3, -0.25) is 0 Å². The van der Waals surface area contributed by atoms with Crippen molar-refractivity contribution >= 4 is 0 Å². The molecule has 1 aromatic carbocycles. The molecule has 3 nitrogen and oxygen atoms in total. The first-order chi connectivity index (χ1) is 9.99. The standard InChI is InChI=1S/C18H27NO2/c1-5-18(6-2)12-19-11-15(20-18)14-9-7-8-13-10-17(3,4)21-16(13)14/h7-9,15,19H,5-6,10-12H2,1-4H3. The number of fused-ring (bicyclic) bond motifs is 1. The molecular weight excluding hydrogens is 262 g/mol. The molecule has 1 aromatic rings. The van der Waals surface area contributed by atoms with Crippen LogP contribution in [0.15, 0.2) is 18.2 Å². The van der Waals surface area contributed by atoms with Crippen molar-refractivity contribution in [1.82, 2.24) is 5.32 Å². The van der Waals surface area contributed by atoms with Crippen LogP contribution in [0.1, 0.15) is 57.8 Å². The van der Waals surface area contributed by atoms with Gasteiger partial charge in [0.15, 0.2) is 0 Å². The highest BCUT2D eigenvalue weighted by Gasteiger charge is 2.38. The summed E-state index contributed by atoms with van der Waals surface area (Å²) in [5, 5.41) is 3.56. The van der Waals surface area contributed by atoms with Gasteiger partial charge in [-0.1, -0.05) is 32.0 Å². The number of para-hydroxylation sites is 1. The summed E-state index contributed by atoms with van der Waals surface area (Å²) in [5.41, 5.74) is 2.37. The van der Waals surface area contributed by atoms with Gasteiger partial charge in [-0.2, -0.15) is 0 Å². The van der Waals surface area contributed by atoms with Crippen molar-refractivity contribution in [3.63, 3.8) is 0 Å². The number of nitrogens with one attached hydrogen (secondary N) is 1. The molecule has 3 heteroatoms. The smallest absolute Gasteiger partial charge is 0.129 e. The molecule has 0 bridgehead atoms. The Bertz CT molecular complexity index is 520. The lowest BCUT2D eigenvalue weighted by Crippen LogP contribution is -2.50. The number of hydrogen-bond acceptors (Lipinski definition) is 3. The highest BCUT2D eigenvalue weighted by molar-refractivity contribution is 5.47. The Morgan fingerprint density at radius 1 is 1.24 bits per heavy atom. The highest BCUT2D eigenvalue weighted by Crippen LogP contribution is 2.43. The van der Waals surface area contributed by atoms with Crippen LogP contribution in [0.25, 0.3) is 0 Å². The van der Waals surface area contributed by atoms with E-state index in [2.05, 4.69) is 51.2 Å². The maximum Gasteiger partial charge on any atom is 0.129 e. The molecule has 1 fully saturated rings. The fraction of sp³-hybridized carbons (Fsp3) is 0.667. The Morgan fingerprint density at radius 2 is 2.00 bits per heavy atom. The van der Waals surface area contributed by atoms with Crippen LogP contribution < -0.4 is 10.1 Å². The Morgan fingerprint density at radius 3 is 2.71 bits per heavy atom. The summed E-state index contributed by atoms with van der Waals surface area (Å²) in [7, 11) is 0. The van der Waals surface area contributed by atoms with E-state index in [1.807, 2.05) is 0 Å². The van der Waals surface area contributed by atoms with Gasteiger partial charge in [-0.05, 0) is 32.3 Å². The third-order valence-corrected chi connectivity index (χ3v) is 4.93. The minimum Gasteiger partial charge on any atom is -0.487 e. The van der Waals surface area contributed by atoms with Crippen molar-refractivity contribution in [1.29, 1.82) is 0 Å². The minimum absolute atomic E-state index is 0.0419. The van der Waals surface area contributed by atoms with Crippen LogP contribution in [0.5, 0.6) is 5.75 Å². The van der Waals surface area contributed by atoms with E-state index in [4.69, 9.17) is 9.47 Å². The molecule has 0 aromatic heterocycles. The second kappa shape index (κ2) is 5.29. The van der Waals surface area contributed by atoms with Crippen molar-refractivity contribution in [3.8, 4) is 5.75 Å². The fourth-order valence-corrected chi connectivity index (χ4v) is 3.55. The van der Waals surface area contributed by atoms with Crippen LogP contribution in [0.3, 0.4) is 0 Å². The van der Waals surface area contributed by atoms with E-state index in [0.29, 0.717) is 0 Å². The molecular formula is C18H27NO2. The maximum atomic E-state index is 6.51. The van der Waals surface area contributed by atoms with E-state index < -0.39 is 0 Å². The molecule has 2 aliphatic heterocycles.